The minimum atomic E-state index is -0.651. The normalized spacial score (nSPS) is 15.5. The molecule has 31 heavy (non-hydrogen) atoms. The van der Waals surface area contributed by atoms with Gasteiger partial charge in [0, 0.05) is 25.1 Å². The highest BCUT2D eigenvalue weighted by atomic mass is 16.5. The first-order valence-corrected chi connectivity index (χ1v) is 10.5. The second kappa shape index (κ2) is 10.2. The van der Waals surface area contributed by atoms with Crippen molar-refractivity contribution in [2.24, 2.45) is 17.4 Å². The zero-order valence-electron chi connectivity index (χ0n) is 17.9. The van der Waals surface area contributed by atoms with Crippen LogP contribution in [0.1, 0.15) is 54.9 Å². The lowest BCUT2D eigenvalue weighted by molar-refractivity contribution is -0.119. The van der Waals surface area contributed by atoms with Crippen LogP contribution in [0.25, 0.3) is 0 Å². The van der Waals surface area contributed by atoms with E-state index in [1.807, 2.05) is 26.0 Å². The van der Waals surface area contributed by atoms with Crippen molar-refractivity contribution in [1.82, 2.24) is 9.97 Å². The average Bonchev–Trinajstić information content (AvgIpc) is 2.74. The molecule has 1 aromatic carbocycles. The molecule has 9 heteroatoms. The third-order valence-corrected chi connectivity index (χ3v) is 5.27. The van der Waals surface area contributed by atoms with Crippen molar-refractivity contribution in [3.05, 3.63) is 41.6 Å². The summed E-state index contributed by atoms with van der Waals surface area (Å²) in [7, 11) is 0. The van der Waals surface area contributed by atoms with Crippen LogP contribution < -0.4 is 22.1 Å². The predicted octanol–water partition coefficient (Wildman–Crippen LogP) is 2.52. The van der Waals surface area contributed by atoms with Gasteiger partial charge in [-0.3, -0.25) is 9.59 Å². The van der Waals surface area contributed by atoms with Crippen molar-refractivity contribution in [2.45, 2.75) is 45.1 Å². The number of nitrogens with zero attached hydrogens (tertiary/aromatic N) is 2. The van der Waals surface area contributed by atoms with Gasteiger partial charge in [-0.2, -0.15) is 4.98 Å². The van der Waals surface area contributed by atoms with Crippen LogP contribution in [0.5, 0.6) is 0 Å². The molecule has 0 aliphatic carbocycles. The Morgan fingerprint density at radius 3 is 2.42 bits per heavy atom. The van der Waals surface area contributed by atoms with E-state index in [0.717, 1.165) is 31.7 Å². The summed E-state index contributed by atoms with van der Waals surface area (Å²) >= 11 is 0. The number of nitrogens with two attached hydrogens (primary N) is 2. The topological polar surface area (TPSA) is 145 Å². The summed E-state index contributed by atoms with van der Waals surface area (Å²) in [5.41, 5.74) is 13.2. The number of aromatic nitrogens is 2. The van der Waals surface area contributed by atoms with E-state index in [0.29, 0.717) is 12.3 Å². The molecule has 1 aliphatic heterocycles. The smallest absolute Gasteiger partial charge is 0.254 e. The maximum Gasteiger partial charge on any atom is 0.254 e. The van der Waals surface area contributed by atoms with E-state index in [4.69, 9.17) is 16.2 Å². The van der Waals surface area contributed by atoms with E-state index in [1.165, 1.54) is 11.8 Å². The van der Waals surface area contributed by atoms with Gasteiger partial charge in [0.15, 0.2) is 0 Å². The number of primary amides is 2. The highest BCUT2D eigenvalue weighted by Gasteiger charge is 2.20. The van der Waals surface area contributed by atoms with Crippen molar-refractivity contribution in [3.8, 4) is 0 Å². The van der Waals surface area contributed by atoms with Crippen LogP contribution in [0.2, 0.25) is 0 Å². The molecule has 1 aliphatic rings. The van der Waals surface area contributed by atoms with Crippen molar-refractivity contribution in [3.63, 3.8) is 0 Å². The molecule has 2 amide bonds. The number of nitrogens with one attached hydrogen (secondary N) is 2. The first kappa shape index (κ1) is 22.5. The lowest BCUT2D eigenvalue weighted by Gasteiger charge is -2.22. The van der Waals surface area contributed by atoms with Gasteiger partial charge in [0.05, 0.1) is 0 Å². The van der Waals surface area contributed by atoms with Crippen molar-refractivity contribution < 1.29 is 14.3 Å². The van der Waals surface area contributed by atoms with Crippen LogP contribution >= 0.6 is 0 Å². The fourth-order valence-electron chi connectivity index (χ4n) is 3.61. The summed E-state index contributed by atoms with van der Waals surface area (Å²) < 4.78 is 5.43. The van der Waals surface area contributed by atoms with Gasteiger partial charge >= 0.3 is 0 Å². The Hall–Kier alpha value is -3.20. The fourth-order valence-corrected chi connectivity index (χ4v) is 3.61. The number of carbonyl (C=O) groups is 2. The number of anilines is 3. The van der Waals surface area contributed by atoms with Crippen LogP contribution in [0.15, 0.2) is 30.5 Å². The van der Waals surface area contributed by atoms with Crippen LogP contribution in [0.4, 0.5) is 17.5 Å². The predicted molar refractivity (Wildman–Crippen MR) is 119 cm³/mol. The number of ether oxygens (including phenoxy) is 1. The first-order chi connectivity index (χ1) is 14.8. The summed E-state index contributed by atoms with van der Waals surface area (Å²) in [4.78, 5) is 32.1. The number of hydrogen-bond acceptors (Lipinski definition) is 7. The lowest BCUT2D eigenvalue weighted by Crippen LogP contribution is -2.37. The molecule has 0 spiro atoms. The zero-order valence-corrected chi connectivity index (χ0v) is 17.9. The monoisotopic (exact) mass is 426 g/mol. The van der Waals surface area contributed by atoms with Gasteiger partial charge in [0.2, 0.25) is 11.9 Å². The molecule has 0 saturated carbocycles. The van der Waals surface area contributed by atoms with Crippen molar-refractivity contribution >= 4 is 29.3 Å². The van der Waals surface area contributed by atoms with E-state index in [9.17, 15) is 9.59 Å². The van der Waals surface area contributed by atoms with E-state index < -0.39 is 17.9 Å². The molecule has 2 heterocycles. The molecule has 9 nitrogen and oxygen atoms in total. The maximum absolute atomic E-state index is 11.9. The van der Waals surface area contributed by atoms with E-state index in [1.54, 1.807) is 0 Å². The maximum atomic E-state index is 11.9. The third-order valence-electron chi connectivity index (χ3n) is 5.27. The Kier molecular flexibility index (Phi) is 7.41. The average molecular weight is 427 g/mol. The van der Waals surface area contributed by atoms with Crippen LogP contribution in [-0.4, -0.2) is 41.0 Å². The summed E-state index contributed by atoms with van der Waals surface area (Å²) in [6.07, 6.45) is 3.89. The molecule has 1 atom stereocenters. The summed E-state index contributed by atoms with van der Waals surface area (Å²) in [6, 6.07) is 7.39. The zero-order chi connectivity index (χ0) is 22.4. The van der Waals surface area contributed by atoms with E-state index in [2.05, 4.69) is 32.7 Å². The second-order valence-electron chi connectivity index (χ2n) is 8.18. The number of carbonyl (C=O) groups excluding carboxylic acids is 2. The molecule has 3 rings (SSSR count). The largest absolute Gasteiger partial charge is 0.381 e. The van der Waals surface area contributed by atoms with Gasteiger partial charge < -0.3 is 26.8 Å². The highest BCUT2D eigenvalue weighted by Crippen LogP contribution is 2.28. The van der Waals surface area contributed by atoms with Crippen LogP contribution in [0, 0.1) is 5.92 Å². The minimum absolute atomic E-state index is 0.151. The second-order valence-corrected chi connectivity index (χ2v) is 8.18. The lowest BCUT2D eigenvalue weighted by atomic mass is 9.92. The Morgan fingerprint density at radius 1 is 1.16 bits per heavy atom. The van der Waals surface area contributed by atoms with E-state index >= 15 is 0 Å². The summed E-state index contributed by atoms with van der Waals surface area (Å²) in [6.45, 7) is 5.55. The molecule has 6 N–H and O–H groups in total. The van der Waals surface area contributed by atoms with Gasteiger partial charge in [0.25, 0.3) is 5.91 Å². The Labute approximate surface area is 182 Å². The fraction of sp³-hybridized carbons (Fsp3) is 0.455. The standard InChI is InChI=1S/C22H30N6O3/c1-13(2)11-18(20(24)30)27-22-25-12-17(19(23)29)21(28-22)26-16-5-3-14(4-6-16)15-7-9-31-10-8-15/h3-6,12-13,15,18H,7-11H2,1-2H3,(H2,23,29)(H2,24,30)(H2,25,26,27,28). The first-order valence-electron chi connectivity index (χ1n) is 10.5. The quantitative estimate of drug-likeness (QED) is 0.482. The van der Waals surface area contributed by atoms with E-state index in [-0.39, 0.29) is 23.2 Å². The van der Waals surface area contributed by atoms with Gasteiger partial charge in [-0.15, -0.1) is 0 Å². The molecule has 0 bridgehead atoms. The molecule has 1 aromatic heterocycles. The Morgan fingerprint density at radius 2 is 1.84 bits per heavy atom. The summed E-state index contributed by atoms with van der Waals surface area (Å²) in [5.74, 6) is 0.0515. The van der Waals surface area contributed by atoms with Crippen LogP contribution in [-0.2, 0) is 9.53 Å². The van der Waals surface area contributed by atoms with Gasteiger partial charge in [-0.05, 0) is 48.8 Å². The molecular formula is C22H30N6O3. The van der Waals surface area contributed by atoms with Crippen molar-refractivity contribution in [1.29, 1.82) is 0 Å². The number of rotatable bonds is 9. The number of hydrogen-bond donors (Lipinski definition) is 4. The molecule has 1 unspecified atom stereocenters. The molecular weight excluding hydrogens is 396 g/mol. The third kappa shape index (κ3) is 6.14. The van der Waals surface area contributed by atoms with Gasteiger partial charge in [-0.25, -0.2) is 4.98 Å². The SMILES string of the molecule is CC(C)CC(Nc1ncc(C(N)=O)c(Nc2ccc(C3CCOCC3)cc2)n1)C(N)=O. The van der Waals surface area contributed by atoms with Crippen molar-refractivity contribution in [2.75, 3.05) is 23.8 Å². The molecule has 1 fully saturated rings. The van der Waals surface area contributed by atoms with Gasteiger partial charge in [-0.1, -0.05) is 26.0 Å². The summed E-state index contributed by atoms with van der Waals surface area (Å²) in [5, 5.41) is 6.09. The highest BCUT2D eigenvalue weighted by molar-refractivity contribution is 5.98. The number of amides is 2. The molecule has 1 saturated heterocycles. The van der Waals surface area contributed by atoms with Gasteiger partial charge in [0.1, 0.15) is 17.4 Å². The molecule has 166 valence electrons. The number of benzene rings is 1. The minimum Gasteiger partial charge on any atom is -0.381 e. The molecule has 2 aromatic rings. The molecule has 0 radical (unpaired) electrons. The van der Waals surface area contributed by atoms with Crippen LogP contribution in [0.3, 0.4) is 0 Å². The Bertz CT molecular complexity index is 910. The Balaban J connectivity index is 1.79.